The van der Waals surface area contributed by atoms with E-state index in [4.69, 9.17) is 0 Å². The number of carbonyl (C=O) groups is 1. The minimum atomic E-state index is -1.06. The maximum absolute atomic E-state index is 13.2. The van der Waals surface area contributed by atoms with Crippen molar-refractivity contribution in [2.75, 3.05) is 6.54 Å². The van der Waals surface area contributed by atoms with Gasteiger partial charge in [-0.2, -0.15) is 0 Å². The highest BCUT2D eigenvalue weighted by Crippen LogP contribution is 2.40. The summed E-state index contributed by atoms with van der Waals surface area (Å²) in [5.74, 6) is -0.695. The highest BCUT2D eigenvalue weighted by molar-refractivity contribution is 7.10. The van der Waals surface area contributed by atoms with Gasteiger partial charge in [-0.3, -0.25) is 9.69 Å². The summed E-state index contributed by atoms with van der Waals surface area (Å²) in [5.41, 5.74) is -0.682. The molecule has 3 aromatic rings. The standard InChI is InChI=1S/C22H23FN2O2S2/c1-22(27)10-11-25(14-17-4-2-12-28-17)19(18-5-3-13-29-18)20(22)24-21(26)15-6-8-16(23)9-7-15/h2-9,12-13,19-20,27H,10-11,14H2,1H3,(H,24,26)/t19-,20-,22+/m0/s1. The fraction of sp³-hybridized carbons (Fsp3) is 0.318. The van der Waals surface area contributed by atoms with Gasteiger partial charge < -0.3 is 10.4 Å². The molecule has 0 bridgehead atoms. The minimum absolute atomic E-state index is 0.148. The van der Waals surface area contributed by atoms with Crippen molar-refractivity contribution in [3.8, 4) is 0 Å². The number of halogens is 1. The second-order valence-corrected chi connectivity index (χ2v) is 9.59. The van der Waals surface area contributed by atoms with E-state index in [1.54, 1.807) is 29.6 Å². The van der Waals surface area contributed by atoms with Crippen LogP contribution in [-0.2, 0) is 6.54 Å². The number of aliphatic hydroxyl groups is 1. The molecule has 1 aliphatic rings. The van der Waals surface area contributed by atoms with Gasteiger partial charge in [0.25, 0.3) is 5.91 Å². The lowest BCUT2D eigenvalue weighted by Gasteiger charge is -2.48. The van der Waals surface area contributed by atoms with Gasteiger partial charge in [-0.15, -0.1) is 22.7 Å². The molecular weight excluding hydrogens is 407 g/mol. The van der Waals surface area contributed by atoms with Gasteiger partial charge in [-0.1, -0.05) is 12.1 Å². The number of benzene rings is 1. The number of piperidine rings is 1. The number of carbonyl (C=O) groups excluding carboxylic acids is 1. The molecule has 3 atom stereocenters. The fourth-order valence-electron chi connectivity index (χ4n) is 3.86. The highest BCUT2D eigenvalue weighted by atomic mass is 32.1. The van der Waals surface area contributed by atoms with Gasteiger partial charge in [0.2, 0.25) is 0 Å². The predicted octanol–water partition coefficient (Wildman–Crippen LogP) is 4.45. The third-order valence-electron chi connectivity index (χ3n) is 5.45. The van der Waals surface area contributed by atoms with Crippen LogP contribution in [0.25, 0.3) is 0 Å². The summed E-state index contributed by atoms with van der Waals surface area (Å²) in [6.45, 7) is 3.28. The maximum Gasteiger partial charge on any atom is 0.251 e. The third-order valence-corrected chi connectivity index (χ3v) is 7.26. The predicted molar refractivity (Wildman–Crippen MR) is 115 cm³/mol. The first kappa shape index (κ1) is 20.2. The van der Waals surface area contributed by atoms with Crippen LogP contribution in [0.4, 0.5) is 4.39 Å². The fourth-order valence-corrected chi connectivity index (χ4v) is 5.48. The molecule has 152 valence electrons. The van der Waals surface area contributed by atoms with Gasteiger partial charge in [-0.05, 0) is 60.5 Å². The van der Waals surface area contributed by atoms with Gasteiger partial charge in [0, 0.05) is 28.4 Å². The minimum Gasteiger partial charge on any atom is -0.388 e. The van der Waals surface area contributed by atoms with Gasteiger partial charge in [0.15, 0.2) is 0 Å². The Bertz CT molecular complexity index is 940. The highest BCUT2D eigenvalue weighted by Gasteiger charge is 2.46. The summed E-state index contributed by atoms with van der Waals surface area (Å²) in [7, 11) is 0. The van der Waals surface area contributed by atoms with E-state index in [1.165, 1.54) is 29.1 Å². The average molecular weight is 431 g/mol. The van der Waals surface area contributed by atoms with Crippen molar-refractivity contribution in [3.05, 3.63) is 80.4 Å². The molecule has 2 aromatic heterocycles. The van der Waals surface area contributed by atoms with Crippen molar-refractivity contribution < 1.29 is 14.3 Å². The number of rotatable bonds is 5. The van der Waals surface area contributed by atoms with Crippen LogP contribution in [0.1, 0.15) is 39.5 Å². The summed E-state index contributed by atoms with van der Waals surface area (Å²) >= 11 is 3.33. The van der Waals surface area contributed by atoms with Crippen LogP contribution in [0.5, 0.6) is 0 Å². The van der Waals surface area contributed by atoms with Crippen molar-refractivity contribution in [3.63, 3.8) is 0 Å². The second kappa shape index (κ2) is 8.36. The largest absolute Gasteiger partial charge is 0.388 e. The summed E-state index contributed by atoms with van der Waals surface area (Å²) in [6.07, 6.45) is 0.550. The number of nitrogens with zero attached hydrogens (tertiary/aromatic N) is 1. The Morgan fingerprint density at radius 2 is 1.93 bits per heavy atom. The Morgan fingerprint density at radius 3 is 2.59 bits per heavy atom. The SMILES string of the molecule is C[C@@]1(O)CCN(Cc2cccs2)[C@@H](c2cccs2)[C@@H]1NC(=O)c1ccc(F)cc1. The molecule has 0 radical (unpaired) electrons. The quantitative estimate of drug-likeness (QED) is 0.629. The summed E-state index contributed by atoms with van der Waals surface area (Å²) in [5, 5.41) is 18.3. The molecule has 3 heterocycles. The Labute approximate surface area is 177 Å². The van der Waals surface area contributed by atoms with Gasteiger partial charge in [-0.25, -0.2) is 4.39 Å². The van der Waals surface area contributed by atoms with Gasteiger partial charge in [0.1, 0.15) is 5.82 Å². The Hall–Kier alpha value is -2.06. The molecule has 0 saturated carbocycles. The maximum atomic E-state index is 13.2. The molecule has 7 heteroatoms. The van der Waals surface area contributed by atoms with E-state index in [0.29, 0.717) is 12.0 Å². The number of hydrogen-bond donors (Lipinski definition) is 2. The zero-order valence-corrected chi connectivity index (χ0v) is 17.7. The molecule has 1 saturated heterocycles. The molecule has 0 spiro atoms. The monoisotopic (exact) mass is 430 g/mol. The van der Waals surface area contributed by atoms with Crippen LogP contribution >= 0.6 is 22.7 Å². The topological polar surface area (TPSA) is 52.6 Å². The molecule has 1 fully saturated rings. The average Bonchev–Trinajstić information content (AvgIpc) is 3.39. The van der Waals surface area contributed by atoms with Crippen LogP contribution in [-0.4, -0.2) is 34.1 Å². The second-order valence-electron chi connectivity index (χ2n) is 7.58. The lowest BCUT2D eigenvalue weighted by Crippen LogP contribution is -2.62. The van der Waals surface area contributed by atoms with Gasteiger partial charge >= 0.3 is 0 Å². The van der Waals surface area contributed by atoms with E-state index in [0.717, 1.165) is 18.0 Å². The summed E-state index contributed by atoms with van der Waals surface area (Å²) < 4.78 is 13.2. The van der Waals surface area contributed by atoms with E-state index in [2.05, 4.69) is 27.7 Å². The molecule has 0 aliphatic carbocycles. The Morgan fingerprint density at radius 1 is 1.21 bits per heavy atom. The first-order valence-corrected chi connectivity index (χ1v) is 11.3. The lowest BCUT2D eigenvalue weighted by atomic mass is 9.81. The van der Waals surface area contributed by atoms with Crippen LogP contribution < -0.4 is 5.32 Å². The molecule has 4 nitrogen and oxygen atoms in total. The zero-order chi connectivity index (χ0) is 20.4. The number of thiophene rings is 2. The van der Waals surface area contributed by atoms with Crippen molar-refractivity contribution >= 4 is 28.6 Å². The van der Waals surface area contributed by atoms with Crippen LogP contribution in [0.2, 0.25) is 0 Å². The molecule has 0 unspecified atom stereocenters. The van der Waals surface area contributed by atoms with E-state index in [1.807, 2.05) is 17.5 Å². The molecule has 29 heavy (non-hydrogen) atoms. The molecule has 1 aromatic carbocycles. The normalized spacial score (nSPS) is 25.1. The first-order chi connectivity index (χ1) is 13.9. The molecule has 1 amide bonds. The summed E-state index contributed by atoms with van der Waals surface area (Å²) in [4.78, 5) is 17.6. The number of amides is 1. The Kier molecular flexibility index (Phi) is 5.83. The van der Waals surface area contributed by atoms with Crippen molar-refractivity contribution in [2.45, 2.75) is 37.6 Å². The molecular formula is C22H23FN2O2S2. The van der Waals surface area contributed by atoms with Crippen LogP contribution in [0.15, 0.2) is 59.3 Å². The number of nitrogens with one attached hydrogen (secondary N) is 1. The number of hydrogen-bond acceptors (Lipinski definition) is 5. The van der Waals surface area contributed by atoms with Crippen LogP contribution in [0, 0.1) is 5.82 Å². The molecule has 1 aliphatic heterocycles. The van der Waals surface area contributed by atoms with Crippen molar-refractivity contribution in [1.29, 1.82) is 0 Å². The lowest BCUT2D eigenvalue weighted by molar-refractivity contribution is -0.0653. The van der Waals surface area contributed by atoms with E-state index >= 15 is 0 Å². The zero-order valence-electron chi connectivity index (χ0n) is 16.0. The van der Waals surface area contributed by atoms with Crippen LogP contribution in [0.3, 0.4) is 0 Å². The van der Waals surface area contributed by atoms with E-state index in [-0.39, 0.29) is 17.8 Å². The van der Waals surface area contributed by atoms with E-state index < -0.39 is 11.6 Å². The first-order valence-electron chi connectivity index (χ1n) is 9.53. The Balaban J connectivity index is 1.65. The van der Waals surface area contributed by atoms with E-state index in [9.17, 15) is 14.3 Å². The third kappa shape index (κ3) is 4.43. The number of likely N-dealkylation sites (tertiary alicyclic amines) is 1. The van der Waals surface area contributed by atoms with Crippen molar-refractivity contribution in [1.82, 2.24) is 10.2 Å². The molecule has 2 N–H and O–H groups in total. The van der Waals surface area contributed by atoms with Gasteiger partial charge in [0.05, 0.1) is 17.7 Å². The smallest absolute Gasteiger partial charge is 0.251 e. The van der Waals surface area contributed by atoms with Crippen molar-refractivity contribution in [2.24, 2.45) is 0 Å². The summed E-state index contributed by atoms with van der Waals surface area (Å²) in [6, 6.07) is 13.0. The molecule has 4 rings (SSSR count).